The maximum Gasteiger partial charge on any atom is 0.306 e. The van der Waals surface area contributed by atoms with E-state index in [0.717, 1.165) is 11.3 Å². The van der Waals surface area contributed by atoms with Crippen LogP contribution in [0.2, 0.25) is 0 Å². The van der Waals surface area contributed by atoms with Crippen LogP contribution in [0.5, 0.6) is 5.75 Å². The van der Waals surface area contributed by atoms with E-state index in [0.29, 0.717) is 6.42 Å². The first-order chi connectivity index (χ1) is 10.6. The summed E-state index contributed by atoms with van der Waals surface area (Å²) in [7, 11) is 1.61. The Labute approximate surface area is 128 Å². The van der Waals surface area contributed by atoms with Crippen molar-refractivity contribution in [2.45, 2.75) is 24.9 Å². The lowest BCUT2D eigenvalue weighted by Crippen LogP contribution is -2.33. The van der Waals surface area contributed by atoms with Gasteiger partial charge in [0.05, 0.1) is 20.0 Å². The number of hydrogen-bond acceptors (Lipinski definition) is 4. The summed E-state index contributed by atoms with van der Waals surface area (Å²) >= 11 is 0. The lowest BCUT2D eigenvalue weighted by molar-refractivity contribution is -0.142. The third kappa shape index (κ3) is 2.71. The lowest BCUT2D eigenvalue weighted by Gasteiger charge is -2.33. The topological polar surface area (TPSA) is 72.8 Å². The Bertz CT molecular complexity index is 604. The van der Waals surface area contributed by atoms with Crippen LogP contribution in [0, 0.1) is 11.8 Å². The van der Waals surface area contributed by atoms with Gasteiger partial charge in [-0.05, 0) is 23.6 Å². The summed E-state index contributed by atoms with van der Waals surface area (Å²) in [6, 6.07) is 7.65. The lowest BCUT2D eigenvalue weighted by atomic mass is 9.73. The first kappa shape index (κ1) is 14.6. The number of hydrogen-bond donors (Lipinski definition) is 1. The number of aliphatic carboxylic acids is 1. The van der Waals surface area contributed by atoms with Crippen molar-refractivity contribution in [2.75, 3.05) is 7.11 Å². The van der Waals surface area contributed by atoms with Crippen LogP contribution in [-0.2, 0) is 14.3 Å². The van der Waals surface area contributed by atoms with Gasteiger partial charge in [-0.3, -0.25) is 9.59 Å². The third-order valence-corrected chi connectivity index (χ3v) is 4.47. The summed E-state index contributed by atoms with van der Waals surface area (Å²) in [5.74, 6) is -0.577. The maximum absolute atomic E-state index is 11.7. The molecule has 0 aromatic heterocycles. The number of carboxylic acids is 1. The second-order valence-electron chi connectivity index (χ2n) is 5.77. The van der Waals surface area contributed by atoms with Crippen molar-refractivity contribution in [1.29, 1.82) is 0 Å². The summed E-state index contributed by atoms with van der Waals surface area (Å²) in [5, 5.41) is 9.02. The predicted molar refractivity (Wildman–Crippen MR) is 78.6 cm³/mol. The minimum atomic E-state index is -0.851. The molecule has 1 aromatic carbocycles. The molecule has 4 atom stereocenters. The molecule has 5 heteroatoms. The van der Waals surface area contributed by atoms with Crippen LogP contribution in [0.25, 0.3) is 0 Å². The number of rotatable bonds is 4. The van der Waals surface area contributed by atoms with Gasteiger partial charge in [-0.1, -0.05) is 24.3 Å². The molecule has 0 bridgehead atoms. The SMILES string of the molecule is COc1ccc([C@H]2C=C[C@H](CC(=O)O)[C@@H]3CC(=O)O[C@@H]32)cc1. The van der Waals surface area contributed by atoms with Gasteiger partial charge in [0.2, 0.25) is 0 Å². The average Bonchev–Trinajstić information content (AvgIpc) is 2.89. The number of allylic oxidation sites excluding steroid dienone is 1. The number of methoxy groups -OCH3 is 1. The summed E-state index contributed by atoms with van der Waals surface area (Å²) in [5.41, 5.74) is 1.04. The molecule has 1 fully saturated rings. The summed E-state index contributed by atoms with van der Waals surface area (Å²) in [6.45, 7) is 0. The highest BCUT2D eigenvalue weighted by Gasteiger charge is 2.45. The highest BCUT2D eigenvalue weighted by Crippen LogP contribution is 2.44. The molecule has 116 valence electrons. The van der Waals surface area contributed by atoms with Gasteiger partial charge in [0, 0.05) is 11.8 Å². The zero-order chi connectivity index (χ0) is 15.7. The molecule has 22 heavy (non-hydrogen) atoms. The minimum Gasteiger partial charge on any atom is -0.497 e. The molecule has 0 unspecified atom stereocenters. The second-order valence-corrected chi connectivity index (χ2v) is 5.77. The van der Waals surface area contributed by atoms with Gasteiger partial charge in [-0.25, -0.2) is 0 Å². The van der Waals surface area contributed by atoms with Crippen molar-refractivity contribution in [3.63, 3.8) is 0 Å². The molecule has 3 rings (SSSR count). The van der Waals surface area contributed by atoms with E-state index in [4.69, 9.17) is 14.6 Å². The fourth-order valence-corrected chi connectivity index (χ4v) is 3.39. The zero-order valence-electron chi connectivity index (χ0n) is 12.3. The van der Waals surface area contributed by atoms with Gasteiger partial charge in [0.15, 0.2) is 0 Å². The summed E-state index contributed by atoms with van der Waals surface area (Å²) in [4.78, 5) is 22.7. The van der Waals surface area contributed by atoms with E-state index >= 15 is 0 Å². The van der Waals surface area contributed by atoms with Crippen LogP contribution >= 0.6 is 0 Å². The van der Waals surface area contributed by atoms with Crippen LogP contribution in [0.4, 0.5) is 0 Å². The standard InChI is InChI=1S/C17H18O5/c1-21-12-5-2-10(3-6-12)13-7-4-11(8-15(18)19)14-9-16(20)22-17(13)14/h2-7,11,13-14,17H,8-9H2,1H3,(H,18,19)/t11-,13-,14+,17-/m1/s1. The van der Waals surface area contributed by atoms with Gasteiger partial charge in [0.25, 0.3) is 0 Å². The van der Waals surface area contributed by atoms with Gasteiger partial charge in [-0.2, -0.15) is 0 Å². The van der Waals surface area contributed by atoms with Crippen molar-refractivity contribution < 1.29 is 24.2 Å². The highest BCUT2D eigenvalue weighted by atomic mass is 16.6. The monoisotopic (exact) mass is 302 g/mol. The molecule has 1 aliphatic heterocycles. The van der Waals surface area contributed by atoms with E-state index in [1.807, 2.05) is 36.4 Å². The molecular formula is C17H18O5. The first-order valence-electron chi connectivity index (χ1n) is 7.32. The smallest absolute Gasteiger partial charge is 0.306 e. The molecule has 1 aliphatic carbocycles. The molecule has 1 N–H and O–H groups in total. The van der Waals surface area contributed by atoms with Crippen LogP contribution in [0.1, 0.15) is 24.3 Å². The van der Waals surface area contributed by atoms with Crippen molar-refractivity contribution >= 4 is 11.9 Å². The Kier molecular flexibility index (Phi) is 3.88. The van der Waals surface area contributed by atoms with E-state index in [1.165, 1.54) is 0 Å². The quantitative estimate of drug-likeness (QED) is 0.683. The maximum atomic E-state index is 11.7. The fraction of sp³-hybridized carbons (Fsp3) is 0.412. The Balaban J connectivity index is 1.88. The molecule has 0 amide bonds. The third-order valence-electron chi connectivity index (χ3n) is 4.47. The molecule has 0 spiro atoms. The molecule has 1 saturated heterocycles. The molecule has 0 saturated carbocycles. The van der Waals surface area contributed by atoms with Crippen LogP contribution < -0.4 is 4.74 Å². The van der Waals surface area contributed by atoms with E-state index in [9.17, 15) is 9.59 Å². The summed E-state index contributed by atoms with van der Waals surface area (Å²) in [6.07, 6.45) is 3.93. The van der Waals surface area contributed by atoms with Crippen molar-refractivity contribution in [2.24, 2.45) is 11.8 Å². The van der Waals surface area contributed by atoms with Crippen molar-refractivity contribution in [3.05, 3.63) is 42.0 Å². The number of ether oxygens (including phenoxy) is 2. The zero-order valence-corrected chi connectivity index (χ0v) is 12.3. The van der Waals surface area contributed by atoms with Crippen LogP contribution in [0.3, 0.4) is 0 Å². The van der Waals surface area contributed by atoms with E-state index in [-0.39, 0.29) is 36.2 Å². The van der Waals surface area contributed by atoms with E-state index in [2.05, 4.69) is 0 Å². The molecule has 5 nitrogen and oxygen atoms in total. The molecule has 0 radical (unpaired) electrons. The largest absolute Gasteiger partial charge is 0.497 e. The Morgan fingerprint density at radius 3 is 2.68 bits per heavy atom. The number of fused-ring (bicyclic) bond motifs is 1. The van der Waals surface area contributed by atoms with Crippen LogP contribution in [-0.4, -0.2) is 30.3 Å². The second kappa shape index (κ2) is 5.83. The Morgan fingerprint density at radius 2 is 2.05 bits per heavy atom. The number of carboxylic acid groups (broad SMARTS) is 1. The van der Waals surface area contributed by atoms with Gasteiger partial charge < -0.3 is 14.6 Å². The molecule has 2 aliphatic rings. The predicted octanol–water partition coefficient (Wildman–Crippen LogP) is 2.37. The first-order valence-corrected chi connectivity index (χ1v) is 7.32. The highest BCUT2D eigenvalue weighted by molar-refractivity contribution is 5.73. The number of benzene rings is 1. The van der Waals surface area contributed by atoms with Crippen molar-refractivity contribution in [1.82, 2.24) is 0 Å². The van der Waals surface area contributed by atoms with E-state index < -0.39 is 5.97 Å². The minimum absolute atomic E-state index is 0.0314. The fourth-order valence-electron chi connectivity index (χ4n) is 3.39. The average molecular weight is 302 g/mol. The van der Waals surface area contributed by atoms with Gasteiger partial charge in [-0.15, -0.1) is 0 Å². The molecule has 1 aromatic rings. The summed E-state index contributed by atoms with van der Waals surface area (Å²) < 4.78 is 10.6. The number of esters is 1. The molecular weight excluding hydrogens is 284 g/mol. The number of carbonyl (C=O) groups excluding carboxylic acids is 1. The van der Waals surface area contributed by atoms with Crippen LogP contribution in [0.15, 0.2) is 36.4 Å². The molecule has 1 heterocycles. The number of carbonyl (C=O) groups is 2. The normalized spacial score (nSPS) is 29.8. The van der Waals surface area contributed by atoms with E-state index in [1.54, 1.807) is 7.11 Å². The van der Waals surface area contributed by atoms with Crippen molar-refractivity contribution in [3.8, 4) is 5.75 Å². The Hall–Kier alpha value is -2.30. The Morgan fingerprint density at radius 1 is 1.32 bits per heavy atom. The van der Waals surface area contributed by atoms with Gasteiger partial charge >= 0.3 is 11.9 Å². The van der Waals surface area contributed by atoms with Gasteiger partial charge in [0.1, 0.15) is 11.9 Å².